The van der Waals surface area contributed by atoms with Crippen LogP contribution in [0.2, 0.25) is 0 Å². The van der Waals surface area contributed by atoms with Gasteiger partial charge in [0.25, 0.3) is 0 Å². The molecule has 2 aliphatic carbocycles. The maximum absolute atomic E-state index is 3.64. The zero-order valence-electron chi connectivity index (χ0n) is 11.7. The second kappa shape index (κ2) is 5.05. The molecule has 0 spiro atoms. The van der Waals surface area contributed by atoms with Crippen molar-refractivity contribution in [3.8, 4) is 0 Å². The highest BCUT2D eigenvalue weighted by atomic mass is 14.9. The standard InChI is InChI=1S/C17H25N/c1-12-6-5-8-14(10-12)17(18-2)16-11-13-7-3-4-9-15(13)16/h3-4,7,9,12,14,16-18H,5-6,8,10-11H2,1-2H3. The Morgan fingerprint density at radius 3 is 2.78 bits per heavy atom. The van der Waals surface area contributed by atoms with E-state index in [4.69, 9.17) is 0 Å². The minimum Gasteiger partial charge on any atom is -0.316 e. The molecule has 1 N–H and O–H groups in total. The molecule has 1 aromatic carbocycles. The van der Waals surface area contributed by atoms with E-state index in [9.17, 15) is 0 Å². The fourth-order valence-electron chi connectivity index (χ4n) is 4.19. The monoisotopic (exact) mass is 243 g/mol. The Morgan fingerprint density at radius 1 is 1.22 bits per heavy atom. The molecule has 18 heavy (non-hydrogen) atoms. The van der Waals surface area contributed by atoms with Crippen molar-refractivity contribution in [3.05, 3.63) is 35.4 Å². The highest BCUT2D eigenvalue weighted by Crippen LogP contribution is 2.43. The molecule has 1 fully saturated rings. The summed E-state index contributed by atoms with van der Waals surface area (Å²) in [6.07, 6.45) is 7.00. The lowest BCUT2D eigenvalue weighted by molar-refractivity contribution is 0.200. The van der Waals surface area contributed by atoms with Gasteiger partial charge in [-0.15, -0.1) is 0 Å². The molecule has 1 nitrogen and oxygen atoms in total. The van der Waals surface area contributed by atoms with Crippen LogP contribution in [0.15, 0.2) is 24.3 Å². The van der Waals surface area contributed by atoms with Gasteiger partial charge in [0.15, 0.2) is 0 Å². The van der Waals surface area contributed by atoms with E-state index in [2.05, 4.69) is 43.6 Å². The van der Waals surface area contributed by atoms with Gasteiger partial charge in [-0.3, -0.25) is 0 Å². The number of benzene rings is 1. The molecule has 0 amide bonds. The number of nitrogens with one attached hydrogen (secondary N) is 1. The van der Waals surface area contributed by atoms with Gasteiger partial charge < -0.3 is 5.32 Å². The Labute approximate surface area is 111 Å². The summed E-state index contributed by atoms with van der Waals surface area (Å²) in [7, 11) is 2.16. The molecule has 0 saturated heterocycles. The molecule has 1 aromatic rings. The third kappa shape index (κ3) is 2.09. The first kappa shape index (κ1) is 12.2. The van der Waals surface area contributed by atoms with Crippen molar-refractivity contribution in [2.75, 3.05) is 7.05 Å². The Hall–Kier alpha value is -0.820. The Morgan fingerprint density at radius 2 is 2.06 bits per heavy atom. The quantitative estimate of drug-likeness (QED) is 0.852. The predicted molar refractivity (Wildman–Crippen MR) is 76.9 cm³/mol. The number of likely N-dealkylation sites (N-methyl/N-ethyl adjacent to an activating group) is 1. The molecule has 1 saturated carbocycles. The van der Waals surface area contributed by atoms with Gasteiger partial charge in [-0.1, -0.05) is 44.0 Å². The summed E-state index contributed by atoms with van der Waals surface area (Å²) < 4.78 is 0. The average Bonchev–Trinajstić information content (AvgIpc) is 2.36. The lowest BCUT2D eigenvalue weighted by Gasteiger charge is -2.42. The average molecular weight is 243 g/mol. The largest absolute Gasteiger partial charge is 0.316 e. The molecule has 3 rings (SSSR count). The predicted octanol–water partition coefficient (Wildman–Crippen LogP) is 3.74. The topological polar surface area (TPSA) is 12.0 Å². The maximum atomic E-state index is 3.64. The maximum Gasteiger partial charge on any atom is 0.0164 e. The summed E-state index contributed by atoms with van der Waals surface area (Å²) >= 11 is 0. The van der Waals surface area contributed by atoms with Crippen molar-refractivity contribution in [1.82, 2.24) is 5.32 Å². The van der Waals surface area contributed by atoms with Gasteiger partial charge in [0.05, 0.1) is 0 Å². The first-order valence-corrected chi connectivity index (χ1v) is 7.54. The van der Waals surface area contributed by atoms with Crippen LogP contribution in [0.25, 0.3) is 0 Å². The zero-order valence-corrected chi connectivity index (χ0v) is 11.7. The summed E-state index contributed by atoms with van der Waals surface area (Å²) in [6, 6.07) is 9.69. The summed E-state index contributed by atoms with van der Waals surface area (Å²) in [5.41, 5.74) is 3.18. The summed E-state index contributed by atoms with van der Waals surface area (Å²) in [6.45, 7) is 2.42. The molecule has 4 atom stereocenters. The number of fused-ring (bicyclic) bond motifs is 1. The first-order valence-electron chi connectivity index (χ1n) is 7.54. The molecule has 4 unspecified atom stereocenters. The molecule has 2 aliphatic rings. The van der Waals surface area contributed by atoms with Crippen LogP contribution in [0, 0.1) is 11.8 Å². The molecule has 0 aromatic heterocycles. The highest BCUT2D eigenvalue weighted by Gasteiger charge is 2.37. The van der Waals surface area contributed by atoms with Crippen LogP contribution in [0.5, 0.6) is 0 Å². The van der Waals surface area contributed by atoms with Gasteiger partial charge in [0.2, 0.25) is 0 Å². The second-order valence-electron chi connectivity index (χ2n) is 6.36. The lowest BCUT2D eigenvalue weighted by atomic mass is 9.66. The van der Waals surface area contributed by atoms with Crippen molar-refractivity contribution in [3.63, 3.8) is 0 Å². The highest BCUT2D eigenvalue weighted by molar-refractivity contribution is 5.41. The minimum atomic E-state index is 0.697. The lowest BCUT2D eigenvalue weighted by Crippen LogP contribution is -2.44. The van der Waals surface area contributed by atoms with E-state index in [0.717, 1.165) is 17.8 Å². The fraction of sp³-hybridized carbons (Fsp3) is 0.647. The summed E-state index contributed by atoms with van der Waals surface area (Å²) in [5.74, 6) is 2.58. The van der Waals surface area contributed by atoms with E-state index >= 15 is 0 Å². The van der Waals surface area contributed by atoms with Gasteiger partial charge in [0.1, 0.15) is 0 Å². The van der Waals surface area contributed by atoms with Crippen LogP contribution < -0.4 is 5.32 Å². The summed E-state index contributed by atoms with van der Waals surface area (Å²) in [4.78, 5) is 0. The van der Waals surface area contributed by atoms with E-state index in [1.54, 1.807) is 11.1 Å². The van der Waals surface area contributed by atoms with Crippen molar-refractivity contribution in [1.29, 1.82) is 0 Å². The van der Waals surface area contributed by atoms with Crippen LogP contribution in [0.3, 0.4) is 0 Å². The molecule has 0 heterocycles. The van der Waals surface area contributed by atoms with Crippen LogP contribution >= 0.6 is 0 Å². The van der Waals surface area contributed by atoms with Gasteiger partial charge in [-0.2, -0.15) is 0 Å². The fourth-order valence-corrected chi connectivity index (χ4v) is 4.19. The van der Waals surface area contributed by atoms with Crippen molar-refractivity contribution in [2.45, 2.75) is 51.0 Å². The van der Waals surface area contributed by atoms with E-state index in [0.29, 0.717) is 6.04 Å². The van der Waals surface area contributed by atoms with Gasteiger partial charge in [-0.25, -0.2) is 0 Å². The molecule has 1 heteroatoms. The number of hydrogen-bond acceptors (Lipinski definition) is 1. The van der Waals surface area contributed by atoms with Gasteiger partial charge in [-0.05, 0) is 49.3 Å². The van der Waals surface area contributed by atoms with Crippen LogP contribution in [-0.4, -0.2) is 13.1 Å². The smallest absolute Gasteiger partial charge is 0.0164 e. The van der Waals surface area contributed by atoms with Crippen molar-refractivity contribution in [2.24, 2.45) is 11.8 Å². The van der Waals surface area contributed by atoms with Crippen LogP contribution in [0.4, 0.5) is 0 Å². The van der Waals surface area contributed by atoms with E-state index in [1.165, 1.54) is 32.1 Å². The zero-order chi connectivity index (χ0) is 12.5. The normalized spacial score (nSPS) is 32.4. The molecule has 0 radical (unpaired) electrons. The Kier molecular flexibility index (Phi) is 3.43. The third-order valence-corrected chi connectivity index (χ3v) is 5.15. The molecule has 0 aliphatic heterocycles. The minimum absolute atomic E-state index is 0.697. The van der Waals surface area contributed by atoms with Crippen LogP contribution in [0.1, 0.15) is 49.7 Å². The van der Waals surface area contributed by atoms with Crippen LogP contribution in [-0.2, 0) is 6.42 Å². The second-order valence-corrected chi connectivity index (χ2v) is 6.36. The molecule has 98 valence electrons. The van der Waals surface area contributed by atoms with E-state index in [1.807, 2.05) is 0 Å². The van der Waals surface area contributed by atoms with Crippen molar-refractivity contribution < 1.29 is 0 Å². The van der Waals surface area contributed by atoms with E-state index < -0.39 is 0 Å². The van der Waals surface area contributed by atoms with E-state index in [-0.39, 0.29) is 0 Å². The van der Waals surface area contributed by atoms with Gasteiger partial charge in [0, 0.05) is 12.0 Å². The van der Waals surface area contributed by atoms with Gasteiger partial charge >= 0.3 is 0 Å². The Balaban J connectivity index is 1.74. The number of hydrogen-bond donors (Lipinski definition) is 1. The number of rotatable bonds is 3. The molecule has 0 bridgehead atoms. The summed E-state index contributed by atoms with van der Waals surface area (Å²) in [5, 5.41) is 3.64. The first-order chi connectivity index (χ1) is 8.79. The molecular formula is C17H25N. The Bertz CT molecular complexity index is 412. The van der Waals surface area contributed by atoms with Crippen molar-refractivity contribution >= 4 is 0 Å². The SMILES string of the molecule is CNC(C1CCCC(C)C1)C1Cc2ccccc21. The third-order valence-electron chi connectivity index (χ3n) is 5.15. The molecular weight excluding hydrogens is 218 g/mol.